The molecule has 4 heterocycles. The Morgan fingerprint density at radius 3 is 0.833 bits per heavy atom. The van der Waals surface area contributed by atoms with Crippen LogP contribution in [0.4, 0.5) is 0 Å². The summed E-state index contributed by atoms with van der Waals surface area (Å²) < 4.78 is 70.5. The molecular formula is C30H54O12. The largest absolute Gasteiger partial charge is 0.353 e. The molecule has 4 saturated heterocycles. The summed E-state index contributed by atoms with van der Waals surface area (Å²) in [7, 11) is 0. The van der Waals surface area contributed by atoms with Crippen molar-refractivity contribution in [3.05, 3.63) is 0 Å². The van der Waals surface area contributed by atoms with Crippen LogP contribution in [0.3, 0.4) is 0 Å². The zero-order chi connectivity index (χ0) is 28.9. The minimum atomic E-state index is -0.811. The molecule has 246 valence electrons. The molecule has 42 heavy (non-hydrogen) atoms. The van der Waals surface area contributed by atoms with Gasteiger partial charge in [-0.05, 0) is 77.0 Å². The van der Waals surface area contributed by atoms with Crippen molar-refractivity contribution in [1.82, 2.24) is 0 Å². The maximum Gasteiger partial charge on any atom is 0.209 e. The minimum absolute atomic E-state index is 0.188. The third-order valence-electron chi connectivity index (χ3n) is 7.45. The minimum Gasteiger partial charge on any atom is -0.353 e. The Hall–Kier alpha value is -0.480. The summed E-state index contributed by atoms with van der Waals surface area (Å²) in [5.74, 6) is 0. The standard InChI is InChI=1S/C30H54O12/c1-5-13-31-25(9-1)35-17-21-39-29(40-22-18-36-26-10-2-6-14-32-26)30(41-23-19-37-27-11-3-7-15-33-27)42-24-20-38-28-12-4-8-16-34-28/h25-30H,1-24H2. The Morgan fingerprint density at radius 1 is 0.357 bits per heavy atom. The molecule has 4 unspecified atom stereocenters. The molecule has 0 aliphatic carbocycles. The van der Waals surface area contributed by atoms with Crippen LogP contribution in [0.2, 0.25) is 0 Å². The molecule has 0 aromatic rings. The summed E-state index contributed by atoms with van der Waals surface area (Å²) in [6, 6.07) is 0. The van der Waals surface area contributed by atoms with E-state index in [1.807, 2.05) is 0 Å². The van der Waals surface area contributed by atoms with Gasteiger partial charge in [0.2, 0.25) is 12.6 Å². The van der Waals surface area contributed by atoms with Crippen LogP contribution in [0.5, 0.6) is 0 Å². The molecule has 12 nitrogen and oxygen atoms in total. The highest BCUT2D eigenvalue weighted by Crippen LogP contribution is 2.18. The van der Waals surface area contributed by atoms with E-state index in [0.29, 0.717) is 52.9 Å². The molecule has 0 saturated carbocycles. The molecule has 0 aromatic carbocycles. The highest BCUT2D eigenvalue weighted by molar-refractivity contribution is 4.59. The third-order valence-corrected chi connectivity index (χ3v) is 7.45. The second-order valence-corrected chi connectivity index (χ2v) is 10.9. The molecule has 0 bridgehead atoms. The van der Waals surface area contributed by atoms with Gasteiger partial charge in [0.1, 0.15) is 0 Å². The fraction of sp³-hybridized carbons (Fsp3) is 1.00. The van der Waals surface area contributed by atoms with Gasteiger partial charge in [0.25, 0.3) is 0 Å². The van der Waals surface area contributed by atoms with E-state index in [2.05, 4.69) is 0 Å². The maximum absolute atomic E-state index is 6.11. The van der Waals surface area contributed by atoms with Crippen LogP contribution in [0, 0.1) is 0 Å². The first kappa shape index (κ1) is 34.4. The second-order valence-electron chi connectivity index (χ2n) is 10.9. The summed E-state index contributed by atoms with van der Waals surface area (Å²) in [6.45, 7) is 5.56. The Balaban J connectivity index is 1.24. The highest BCUT2D eigenvalue weighted by atomic mass is 16.8. The normalized spacial score (nSPS) is 28.9. The quantitative estimate of drug-likeness (QED) is 0.140. The Bertz CT molecular complexity index is 528. The van der Waals surface area contributed by atoms with Crippen molar-refractivity contribution in [1.29, 1.82) is 0 Å². The number of hydrogen-bond acceptors (Lipinski definition) is 12. The van der Waals surface area contributed by atoms with Crippen LogP contribution >= 0.6 is 0 Å². The maximum atomic E-state index is 6.11. The van der Waals surface area contributed by atoms with Crippen molar-refractivity contribution in [3.63, 3.8) is 0 Å². The van der Waals surface area contributed by atoms with Gasteiger partial charge in [-0.1, -0.05) is 0 Å². The van der Waals surface area contributed by atoms with Gasteiger partial charge in [0.15, 0.2) is 25.2 Å². The molecule has 4 atom stereocenters. The van der Waals surface area contributed by atoms with Crippen LogP contribution in [0.25, 0.3) is 0 Å². The molecule has 0 N–H and O–H groups in total. The Morgan fingerprint density at radius 2 is 0.619 bits per heavy atom. The van der Waals surface area contributed by atoms with Gasteiger partial charge in [-0.2, -0.15) is 0 Å². The van der Waals surface area contributed by atoms with Gasteiger partial charge in [-0.25, -0.2) is 0 Å². The van der Waals surface area contributed by atoms with Crippen LogP contribution in [-0.4, -0.2) is 117 Å². The molecule has 4 aliphatic rings. The second kappa shape index (κ2) is 22.1. The van der Waals surface area contributed by atoms with Crippen molar-refractivity contribution in [3.8, 4) is 0 Å². The SMILES string of the molecule is C1CCC(OCCOC(OCCOC2CCCCO2)C(OCCOC2CCCCO2)OCCOC2CCCCO2)OC1. The Labute approximate surface area is 251 Å². The molecule has 4 rings (SSSR count). The zero-order valence-electron chi connectivity index (χ0n) is 25.3. The summed E-state index contributed by atoms with van der Waals surface area (Å²) in [5.41, 5.74) is 0. The zero-order valence-corrected chi connectivity index (χ0v) is 25.3. The van der Waals surface area contributed by atoms with Crippen molar-refractivity contribution in [2.75, 3.05) is 79.3 Å². The van der Waals surface area contributed by atoms with E-state index in [-0.39, 0.29) is 25.2 Å². The first-order valence-corrected chi connectivity index (χ1v) is 16.3. The van der Waals surface area contributed by atoms with E-state index < -0.39 is 12.6 Å². The predicted molar refractivity (Wildman–Crippen MR) is 150 cm³/mol. The van der Waals surface area contributed by atoms with Crippen LogP contribution < -0.4 is 0 Å². The molecule has 0 radical (unpaired) electrons. The molecule has 0 amide bonds. The summed E-state index contributed by atoms with van der Waals surface area (Å²) >= 11 is 0. The average molecular weight is 607 g/mol. The van der Waals surface area contributed by atoms with Gasteiger partial charge < -0.3 is 56.8 Å². The van der Waals surface area contributed by atoms with E-state index in [9.17, 15) is 0 Å². The van der Waals surface area contributed by atoms with Gasteiger partial charge in [0.05, 0.1) is 52.9 Å². The van der Waals surface area contributed by atoms with E-state index >= 15 is 0 Å². The van der Waals surface area contributed by atoms with Gasteiger partial charge in [-0.3, -0.25) is 0 Å². The Kier molecular flexibility index (Phi) is 18.1. The van der Waals surface area contributed by atoms with Crippen LogP contribution in [-0.2, 0) is 56.8 Å². The molecule has 0 spiro atoms. The molecule has 4 fully saturated rings. The third kappa shape index (κ3) is 14.5. The highest BCUT2D eigenvalue weighted by Gasteiger charge is 2.27. The predicted octanol–water partition coefficient (Wildman–Crippen LogP) is 3.88. The summed E-state index contributed by atoms with van der Waals surface area (Å²) in [6.07, 6.45) is 9.91. The van der Waals surface area contributed by atoms with E-state index in [4.69, 9.17) is 56.8 Å². The number of ether oxygens (including phenoxy) is 12. The van der Waals surface area contributed by atoms with Crippen LogP contribution in [0.1, 0.15) is 77.0 Å². The molecular weight excluding hydrogens is 552 g/mol. The van der Waals surface area contributed by atoms with Gasteiger partial charge >= 0.3 is 0 Å². The number of hydrogen-bond donors (Lipinski definition) is 0. The number of rotatable bonds is 21. The fourth-order valence-corrected chi connectivity index (χ4v) is 5.16. The van der Waals surface area contributed by atoms with Crippen molar-refractivity contribution < 1.29 is 56.8 Å². The van der Waals surface area contributed by atoms with E-state index in [1.165, 1.54) is 0 Å². The first-order valence-electron chi connectivity index (χ1n) is 16.3. The molecule has 0 aromatic heterocycles. The fourth-order valence-electron chi connectivity index (χ4n) is 5.16. The summed E-state index contributed by atoms with van der Waals surface area (Å²) in [5, 5.41) is 0. The van der Waals surface area contributed by atoms with Crippen molar-refractivity contribution in [2.24, 2.45) is 0 Å². The lowest BCUT2D eigenvalue weighted by Gasteiger charge is -2.29. The average Bonchev–Trinajstić information content (AvgIpc) is 3.05. The topological polar surface area (TPSA) is 111 Å². The first-order chi connectivity index (χ1) is 20.9. The van der Waals surface area contributed by atoms with Gasteiger partial charge in [0, 0.05) is 26.4 Å². The van der Waals surface area contributed by atoms with Gasteiger partial charge in [-0.15, -0.1) is 0 Å². The lowest BCUT2D eigenvalue weighted by atomic mass is 10.2. The molecule has 4 aliphatic heterocycles. The lowest BCUT2D eigenvalue weighted by molar-refractivity contribution is -0.301. The van der Waals surface area contributed by atoms with E-state index in [1.54, 1.807) is 0 Å². The van der Waals surface area contributed by atoms with Crippen molar-refractivity contribution >= 4 is 0 Å². The molecule has 12 heteroatoms. The lowest BCUT2D eigenvalue weighted by Crippen LogP contribution is -2.40. The monoisotopic (exact) mass is 606 g/mol. The summed E-state index contributed by atoms with van der Waals surface area (Å²) in [4.78, 5) is 0. The smallest absolute Gasteiger partial charge is 0.209 e. The van der Waals surface area contributed by atoms with Crippen molar-refractivity contribution in [2.45, 2.75) is 115 Å². The van der Waals surface area contributed by atoms with Crippen LogP contribution in [0.15, 0.2) is 0 Å². The van der Waals surface area contributed by atoms with E-state index in [0.717, 1.165) is 103 Å².